The predicted octanol–water partition coefficient (Wildman–Crippen LogP) is 3.19. The van der Waals surface area contributed by atoms with Crippen LogP contribution in [0.1, 0.15) is 32.1 Å². The summed E-state index contributed by atoms with van der Waals surface area (Å²) in [5.41, 5.74) is 0. The van der Waals surface area contributed by atoms with Gasteiger partial charge in [-0.15, -0.1) is 0 Å². The molecule has 0 aromatic rings. The standard InChI is InChI=1S/C14H24N2S/c1-15-14(12-7-6-8-12)11-16(2)17-13-9-4-3-5-10-13/h4,9-10,12,14-15H,3,5-8,11H2,1-2H3. The second-order valence-corrected chi connectivity index (χ2v) is 6.35. The smallest absolute Gasteiger partial charge is 0.0246 e. The van der Waals surface area contributed by atoms with Crippen LogP contribution in [0.2, 0.25) is 0 Å². The quantitative estimate of drug-likeness (QED) is 0.731. The van der Waals surface area contributed by atoms with Gasteiger partial charge in [-0.1, -0.05) is 24.6 Å². The van der Waals surface area contributed by atoms with Crippen LogP contribution in [0.3, 0.4) is 0 Å². The van der Waals surface area contributed by atoms with E-state index in [0.29, 0.717) is 6.04 Å². The topological polar surface area (TPSA) is 15.3 Å². The highest BCUT2D eigenvalue weighted by Gasteiger charge is 2.27. The average molecular weight is 252 g/mol. The van der Waals surface area contributed by atoms with Crippen molar-refractivity contribution in [3.05, 3.63) is 23.1 Å². The molecule has 2 rings (SSSR count). The molecule has 1 N–H and O–H groups in total. The van der Waals surface area contributed by atoms with Crippen LogP contribution >= 0.6 is 11.9 Å². The molecule has 0 amide bonds. The molecule has 0 aromatic carbocycles. The highest BCUT2D eigenvalue weighted by Crippen LogP contribution is 2.31. The molecular formula is C14H24N2S. The van der Waals surface area contributed by atoms with Gasteiger partial charge in [0, 0.05) is 17.5 Å². The number of allylic oxidation sites excluding steroid dienone is 3. The fourth-order valence-electron chi connectivity index (χ4n) is 2.47. The molecule has 2 aliphatic rings. The molecule has 0 aromatic heterocycles. The molecule has 0 saturated heterocycles. The normalized spacial score (nSPS) is 22.4. The lowest BCUT2D eigenvalue weighted by Gasteiger charge is -2.35. The molecule has 0 heterocycles. The third-order valence-corrected chi connectivity index (χ3v) is 4.74. The van der Waals surface area contributed by atoms with E-state index in [1.807, 2.05) is 11.9 Å². The minimum Gasteiger partial charge on any atom is -0.315 e. The van der Waals surface area contributed by atoms with Crippen LogP contribution in [0.5, 0.6) is 0 Å². The summed E-state index contributed by atoms with van der Waals surface area (Å²) < 4.78 is 2.38. The van der Waals surface area contributed by atoms with Gasteiger partial charge in [-0.2, -0.15) is 0 Å². The monoisotopic (exact) mass is 252 g/mol. The molecule has 1 saturated carbocycles. The zero-order valence-corrected chi connectivity index (χ0v) is 11.8. The molecule has 1 atom stereocenters. The van der Waals surface area contributed by atoms with E-state index in [4.69, 9.17) is 0 Å². The van der Waals surface area contributed by atoms with Crippen molar-refractivity contribution in [2.45, 2.75) is 38.1 Å². The van der Waals surface area contributed by atoms with Gasteiger partial charge in [-0.25, -0.2) is 4.31 Å². The first kappa shape index (κ1) is 13.2. The largest absolute Gasteiger partial charge is 0.315 e. The number of nitrogens with one attached hydrogen (secondary N) is 1. The van der Waals surface area contributed by atoms with E-state index in [1.54, 1.807) is 0 Å². The Balaban J connectivity index is 1.76. The Morgan fingerprint density at radius 2 is 2.29 bits per heavy atom. The van der Waals surface area contributed by atoms with E-state index in [9.17, 15) is 0 Å². The predicted molar refractivity (Wildman–Crippen MR) is 76.9 cm³/mol. The third kappa shape index (κ3) is 3.87. The van der Waals surface area contributed by atoms with Crippen LogP contribution in [-0.2, 0) is 0 Å². The Morgan fingerprint density at radius 3 is 2.82 bits per heavy atom. The summed E-state index contributed by atoms with van der Waals surface area (Å²) in [7, 11) is 4.30. The Kier molecular flexibility index (Phi) is 5.14. The van der Waals surface area contributed by atoms with Crippen molar-refractivity contribution in [3.63, 3.8) is 0 Å². The maximum absolute atomic E-state index is 3.48. The SMILES string of the molecule is CNC(CN(C)SC1=CCCC=C1)C1CCC1. The molecule has 0 spiro atoms. The van der Waals surface area contributed by atoms with Crippen molar-refractivity contribution >= 4 is 11.9 Å². The first-order chi connectivity index (χ1) is 8.29. The maximum Gasteiger partial charge on any atom is 0.0246 e. The molecule has 1 fully saturated rings. The molecule has 17 heavy (non-hydrogen) atoms. The summed E-state index contributed by atoms with van der Waals surface area (Å²) in [6.07, 6.45) is 13.5. The summed E-state index contributed by atoms with van der Waals surface area (Å²) in [4.78, 5) is 1.40. The zero-order valence-electron chi connectivity index (χ0n) is 11.0. The molecule has 3 heteroatoms. The number of likely N-dealkylation sites (N-methyl/N-ethyl adjacent to an activating group) is 2. The van der Waals surface area contributed by atoms with Gasteiger partial charge in [0.25, 0.3) is 0 Å². The van der Waals surface area contributed by atoms with Gasteiger partial charge in [-0.3, -0.25) is 0 Å². The molecular weight excluding hydrogens is 228 g/mol. The van der Waals surface area contributed by atoms with E-state index in [2.05, 4.69) is 41.9 Å². The summed E-state index contributed by atoms with van der Waals surface area (Å²) in [6, 6.07) is 0.662. The van der Waals surface area contributed by atoms with Gasteiger partial charge in [0.1, 0.15) is 0 Å². The second kappa shape index (κ2) is 6.62. The lowest BCUT2D eigenvalue weighted by Crippen LogP contribution is -2.43. The van der Waals surface area contributed by atoms with Crippen LogP contribution in [0, 0.1) is 5.92 Å². The van der Waals surface area contributed by atoms with Gasteiger partial charge < -0.3 is 5.32 Å². The first-order valence-electron chi connectivity index (χ1n) is 6.72. The molecule has 0 radical (unpaired) electrons. The van der Waals surface area contributed by atoms with Crippen LogP contribution < -0.4 is 5.32 Å². The maximum atomic E-state index is 3.48. The van der Waals surface area contributed by atoms with Gasteiger partial charge >= 0.3 is 0 Å². The van der Waals surface area contributed by atoms with Crippen molar-refractivity contribution < 1.29 is 0 Å². The zero-order chi connectivity index (χ0) is 12.1. The van der Waals surface area contributed by atoms with Crippen molar-refractivity contribution in [2.75, 3.05) is 20.6 Å². The van der Waals surface area contributed by atoms with Crippen molar-refractivity contribution in [1.29, 1.82) is 0 Å². The molecule has 2 nitrogen and oxygen atoms in total. The summed E-state index contributed by atoms with van der Waals surface area (Å²) in [5.74, 6) is 0.902. The van der Waals surface area contributed by atoms with Crippen LogP contribution in [0.4, 0.5) is 0 Å². The molecule has 0 bridgehead atoms. The number of nitrogens with zero attached hydrogens (tertiary/aromatic N) is 1. The fraction of sp³-hybridized carbons (Fsp3) is 0.714. The minimum atomic E-state index is 0.662. The summed E-state index contributed by atoms with van der Waals surface area (Å²) in [6.45, 7) is 1.14. The Labute approximate surface area is 110 Å². The molecule has 0 aliphatic heterocycles. The Bertz CT molecular complexity index is 295. The molecule has 2 aliphatic carbocycles. The Morgan fingerprint density at radius 1 is 1.47 bits per heavy atom. The van der Waals surface area contributed by atoms with E-state index in [-0.39, 0.29) is 0 Å². The summed E-state index contributed by atoms with van der Waals surface area (Å²) >= 11 is 1.88. The lowest BCUT2D eigenvalue weighted by molar-refractivity contribution is 0.219. The van der Waals surface area contributed by atoms with Crippen molar-refractivity contribution in [3.8, 4) is 0 Å². The first-order valence-corrected chi connectivity index (χ1v) is 7.50. The van der Waals surface area contributed by atoms with Gasteiger partial charge in [0.15, 0.2) is 0 Å². The average Bonchev–Trinajstić information content (AvgIpc) is 2.27. The van der Waals surface area contributed by atoms with Crippen LogP contribution in [0.25, 0.3) is 0 Å². The van der Waals surface area contributed by atoms with Crippen LogP contribution in [-0.4, -0.2) is 31.0 Å². The third-order valence-electron chi connectivity index (χ3n) is 3.77. The summed E-state index contributed by atoms with van der Waals surface area (Å²) in [5, 5.41) is 3.48. The Hall–Kier alpha value is -0.250. The van der Waals surface area contributed by atoms with Crippen molar-refractivity contribution in [1.82, 2.24) is 9.62 Å². The van der Waals surface area contributed by atoms with E-state index in [1.165, 1.54) is 37.0 Å². The lowest BCUT2D eigenvalue weighted by atomic mass is 9.80. The fourth-order valence-corrected chi connectivity index (χ4v) is 3.41. The minimum absolute atomic E-state index is 0.662. The second-order valence-electron chi connectivity index (χ2n) is 5.07. The van der Waals surface area contributed by atoms with E-state index < -0.39 is 0 Å². The number of rotatable bonds is 6. The van der Waals surface area contributed by atoms with Crippen molar-refractivity contribution in [2.24, 2.45) is 5.92 Å². The van der Waals surface area contributed by atoms with Gasteiger partial charge in [-0.05, 0) is 57.6 Å². The number of hydrogen-bond acceptors (Lipinski definition) is 3. The van der Waals surface area contributed by atoms with Gasteiger partial charge in [0.2, 0.25) is 0 Å². The van der Waals surface area contributed by atoms with E-state index >= 15 is 0 Å². The highest BCUT2D eigenvalue weighted by atomic mass is 32.2. The van der Waals surface area contributed by atoms with Crippen LogP contribution in [0.15, 0.2) is 23.1 Å². The highest BCUT2D eigenvalue weighted by molar-refractivity contribution is 8.01. The van der Waals surface area contributed by atoms with E-state index in [0.717, 1.165) is 12.5 Å². The number of hydrogen-bond donors (Lipinski definition) is 1. The van der Waals surface area contributed by atoms with Gasteiger partial charge in [0.05, 0.1) is 0 Å². The molecule has 96 valence electrons. The molecule has 1 unspecified atom stereocenters.